The fourth-order valence-electron chi connectivity index (χ4n) is 4.70. The highest BCUT2D eigenvalue weighted by molar-refractivity contribution is 6.48. The van der Waals surface area contributed by atoms with E-state index in [1.165, 1.54) is 0 Å². The normalized spacial score (nSPS) is 15.5. The fraction of sp³-hybridized carbons (Fsp3) is 0.533. The van der Waals surface area contributed by atoms with E-state index in [2.05, 4.69) is 26.1 Å². The molecule has 2 aromatic rings. The molecule has 2 N–H and O–H groups in total. The zero-order chi connectivity index (χ0) is 27.9. The summed E-state index contributed by atoms with van der Waals surface area (Å²) in [6, 6.07) is 19.2. The predicted octanol–water partition coefficient (Wildman–Crippen LogP) is 6.51. The van der Waals surface area contributed by atoms with Gasteiger partial charge in [-0.05, 0) is 69.2 Å². The van der Waals surface area contributed by atoms with Crippen LogP contribution in [0.5, 0.6) is 0 Å². The van der Waals surface area contributed by atoms with E-state index in [1.807, 2.05) is 94.5 Å². The number of amides is 1. The number of carbonyl (C=O) groups is 2. The van der Waals surface area contributed by atoms with Crippen LogP contribution < -0.4 is 5.32 Å². The van der Waals surface area contributed by atoms with Gasteiger partial charge in [0.2, 0.25) is 9.04 Å². The Kier molecular flexibility index (Phi) is 10.5. The van der Waals surface area contributed by atoms with Gasteiger partial charge in [-0.2, -0.15) is 0 Å². The van der Waals surface area contributed by atoms with E-state index in [1.54, 1.807) is 0 Å². The third kappa shape index (κ3) is 9.97. The van der Waals surface area contributed by atoms with Crippen molar-refractivity contribution in [2.75, 3.05) is 0 Å². The lowest BCUT2D eigenvalue weighted by atomic mass is 9.68. The van der Waals surface area contributed by atoms with Gasteiger partial charge in [-0.15, -0.1) is 0 Å². The highest BCUT2D eigenvalue weighted by atomic mass is 28.3. The molecule has 1 amide bonds. The van der Waals surface area contributed by atoms with E-state index in [0.29, 0.717) is 6.42 Å². The maximum absolute atomic E-state index is 13.0. The van der Waals surface area contributed by atoms with Crippen LogP contribution in [0.3, 0.4) is 0 Å². The van der Waals surface area contributed by atoms with E-state index >= 15 is 0 Å². The molecule has 0 bridgehead atoms. The molecule has 0 aliphatic heterocycles. The van der Waals surface area contributed by atoms with Crippen molar-refractivity contribution >= 4 is 21.1 Å². The molecular weight excluding hydrogens is 482 g/mol. The van der Waals surface area contributed by atoms with Crippen LogP contribution in [0.15, 0.2) is 60.7 Å². The van der Waals surface area contributed by atoms with Crippen LogP contribution in [0.1, 0.15) is 59.1 Å². The molecule has 2 rings (SSSR count). The van der Waals surface area contributed by atoms with Crippen molar-refractivity contribution in [3.63, 3.8) is 0 Å². The van der Waals surface area contributed by atoms with Gasteiger partial charge >= 0.3 is 12.1 Å². The molecule has 0 heterocycles. The van der Waals surface area contributed by atoms with E-state index in [4.69, 9.17) is 9.16 Å². The molecule has 0 spiro atoms. The number of rotatable bonds is 11. The molecule has 1 radical (unpaired) electrons. The van der Waals surface area contributed by atoms with E-state index < -0.39 is 32.3 Å². The molecule has 0 saturated carbocycles. The molecule has 3 atom stereocenters. The van der Waals surface area contributed by atoms with Gasteiger partial charge in [0.1, 0.15) is 5.60 Å². The largest absolute Gasteiger partial charge is 0.479 e. The second-order valence-corrected chi connectivity index (χ2v) is 14.1. The maximum Gasteiger partial charge on any atom is 0.407 e. The Hall–Kier alpha value is -2.64. The molecule has 2 aromatic carbocycles. The summed E-state index contributed by atoms with van der Waals surface area (Å²) in [6.07, 6.45) is 0.516. The zero-order valence-corrected chi connectivity index (χ0v) is 24.6. The molecule has 6 nitrogen and oxygen atoms in total. The second-order valence-electron chi connectivity index (χ2n) is 12.1. The first-order chi connectivity index (χ1) is 17.1. The fourth-order valence-corrected chi connectivity index (χ4v) is 5.73. The van der Waals surface area contributed by atoms with Crippen molar-refractivity contribution in [2.24, 2.45) is 11.3 Å². The van der Waals surface area contributed by atoms with Gasteiger partial charge in [0.05, 0.1) is 0 Å². The van der Waals surface area contributed by atoms with Crippen molar-refractivity contribution < 1.29 is 23.9 Å². The quantitative estimate of drug-likeness (QED) is 0.326. The van der Waals surface area contributed by atoms with Crippen LogP contribution >= 0.6 is 0 Å². The number of carboxylic acids is 1. The monoisotopic (exact) mass is 526 g/mol. The molecule has 37 heavy (non-hydrogen) atoms. The predicted molar refractivity (Wildman–Crippen MR) is 150 cm³/mol. The third-order valence-corrected chi connectivity index (χ3v) is 7.07. The van der Waals surface area contributed by atoms with E-state index in [-0.39, 0.29) is 30.2 Å². The van der Waals surface area contributed by atoms with Crippen molar-refractivity contribution in [3.8, 4) is 0 Å². The Balaban J connectivity index is 2.55. The number of aliphatic carboxylic acids is 1. The zero-order valence-electron chi connectivity index (χ0n) is 23.6. The summed E-state index contributed by atoms with van der Waals surface area (Å²) >= 11 is 0. The molecule has 203 valence electrons. The van der Waals surface area contributed by atoms with Gasteiger partial charge in [0.25, 0.3) is 0 Å². The SMILES string of the molecule is C[Si](C)OC(Cc1ccccc1)(CC(C(Cc1ccccc1)NC(=O)OC(C)(C)C)C(C)(C)C)C(=O)O. The van der Waals surface area contributed by atoms with Crippen molar-refractivity contribution in [1.82, 2.24) is 5.32 Å². The number of carboxylic acid groups (broad SMARTS) is 1. The van der Waals surface area contributed by atoms with Crippen molar-refractivity contribution in [1.29, 1.82) is 0 Å². The van der Waals surface area contributed by atoms with Gasteiger partial charge in [-0.1, -0.05) is 81.4 Å². The first-order valence-corrected chi connectivity index (χ1v) is 15.3. The Morgan fingerprint density at radius 2 is 1.41 bits per heavy atom. The summed E-state index contributed by atoms with van der Waals surface area (Å²) in [5, 5.41) is 13.7. The van der Waals surface area contributed by atoms with E-state index in [0.717, 1.165) is 11.1 Å². The second kappa shape index (κ2) is 12.7. The number of benzene rings is 2. The lowest BCUT2D eigenvalue weighted by molar-refractivity contribution is -0.158. The minimum Gasteiger partial charge on any atom is -0.479 e. The van der Waals surface area contributed by atoms with Gasteiger partial charge in [0.15, 0.2) is 5.60 Å². The molecule has 3 unspecified atom stereocenters. The first-order valence-electron chi connectivity index (χ1n) is 12.9. The van der Waals surface area contributed by atoms with Crippen LogP contribution in [0, 0.1) is 11.3 Å². The summed E-state index contributed by atoms with van der Waals surface area (Å²) in [6.45, 7) is 15.7. The van der Waals surface area contributed by atoms with Gasteiger partial charge in [-0.25, -0.2) is 9.59 Å². The topological polar surface area (TPSA) is 84.9 Å². The number of carbonyl (C=O) groups excluding carboxylic acids is 1. The Bertz CT molecular complexity index is 998. The number of ether oxygens (including phenoxy) is 1. The highest BCUT2D eigenvalue weighted by Gasteiger charge is 2.47. The average molecular weight is 527 g/mol. The molecule has 0 saturated heterocycles. The highest BCUT2D eigenvalue weighted by Crippen LogP contribution is 2.40. The maximum atomic E-state index is 13.0. The Morgan fingerprint density at radius 3 is 1.84 bits per heavy atom. The summed E-state index contributed by atoms with van der Waals surface area (Å²) < 4.78 is 12.0. The molecule has 7 heteroatoms. The molecule has 0 aliphatic carbocycles. The summed E-state index contributed by atoms with van der Waals surface area (Å²) in [7, 11) is -1.37. The van der Waals surface area contributed by atoms with Gasteiger partial charge in [0, 0.05) is 12.5 Å². The van der Waals surface area contributed by atoms with Crippen LogP contribution in [0.2, 0.25) is 13.1 Å². The van der Waals surface area contributed by atoms with Gasteiger partial charge in [-0.3, -0.25) is 0 Å². The lowest BCUT2D eigenvalue weighted by Gasteiger charge is -2.43. The van der Waals surface area contributed by atoms with Crippen LogP contribution in [-0.2, 0) is 26.8 Å². The smallest absolute Gasteiger partial charge is 0.407 e. The standard InChI is InChI=1S/C30H44NO5Si/c1-28(2,3)24(21-30(26(32)33,36-37(7)8)20-23-17-13-10-14-18-23)25(19-22-15-11-9-12-16-22)31-27(34)35-29(4,5)6/h9-18,24-25H,19-21H2,1-8H3,(H,31,34)(H,32,33). The van der Waals surface area contributed by atoms with Crippen molar-refractivity contribution in [2.45, 2.75) is 91.1 Å². The van der Waals surface area contributed by atoms with E-state index in [9.17, 15) is 14.7 Å². The summed E-state index contributed by atoms with van der Waals surface area (Å²) in [5.74, 6) is -1.21. The molecule has 0 fully saturated rings. The molecular formula is C30H44NO5Si. The Morgan fingerprint density at radius 1 is 0.892 bits per heavy atom. The number of nitrogens with one attached hydrogen (secondary N) is 1. The number of hydrogen-bond donors (Lipinski definition) is 2. The van der Waals surface area contributed by atoms with Crippen LogP contribution in [0.4, 0.5) is 4.79 Å². The van der Waals surface area contributed by atoms with Gasteiger partial charge < -0.3 is 19.6 Å². The number of alkyl carbamates (subject to hydrolysis) is 1. The first kappa shape index (κ1) is 30.6. The van der Waals surface area contributed by atoms with Crippen LogP contribution in [0.25, 0.3) is 0 Å². The van der Waals surface area contributed by atoms with Crippen LogP contribution in [-0.4, -0.2) is 43.5 Å². The lowest BCUT2D eigenvalue weighted by Crippen LogP contribution is -2.54. The number of hydrogen-bond acceptors (Lipinski definition) is 4. The summed E-state index contributed by atoms with van der Waals surface area (Å²) in [5.41, 5.74) is -0.466. The third-order valence-electron chi connectivity index (χ3n) is 6.27. The Labute approximate surface area is 224 Å². The average Bonchev–Trinajstić information content (AvgIpc) is 2.75. The minimum absolute atomic E-state index is 0.235. The molecule has 0 aromatic heterocycles. The minimum atomic E-state index is -1.43. The summed E-state index contributed by atoms with van der Waals surface area (Å²) in [4.78, 5) is 26.0. The van der Waals surface area contributed by atoms with Crippen molar-refractivity contribution in [3.05, 3.63) is 71.8 Å². The molecule has 0 aliphatic rings.